The van der Waals surface area contributed by atoms with Gasteiger partial charge in [-0.3, -0.25) is 0 Å². The molecule has 1 fully saturated rings. The number of nitrogens with zero attached hydrogens (tertiary/aromatic N) is 2. The van der Waals surface area contributed by atoms with Crippen molar-refractivity contribution < 1.29 is 0 Å². The fourth-order valence-corrected chi connectivity index (χ4v) is 1.95. The lowest BCUT2D eigenvalue weighted by Gasteiger charge is -2.39. The highest BCUT2D eigenvalue weighted by Gasteiger charge is 2.30. The van der Waals surface area contributed by atoms with Crippen molar-refractivity contribution in [3.63, 3.8) is 0 Å². The molecule has 0 saturated heterocycles. The Balaban J connectivity index is 2.13. The molecule has 13 heavy (non-hydrogen) atoms. The third kappa shape index (κ3) is 1.63. The fourth-order valence-electron chi connectivity index (χ4n) is 1.47. The number of hydrogen-bond acceptors (Lipinski definition) is 3. The van der Waals surface area contributed by atoms with Crippen LogP contribution in [0.15, 0.2) is 16.2 Å². The minimum Gasteiger partial charge on any atom is -0.383 e. The average molecular weight is 220 g/mol. The van der Waals surface area contributed by atoms with E-state index in [1.807, 2.05) is 4.90 Å². The summed E-state index contributed by atoms with van der Waals surface area (Å²) >= 11 is 11.9. The van der Waals surface area contributed by atoms with Gasteiger partial charge < -0.3 is 10.6 Å². The molecule has 0 aromatic heterocycles. The smallest absolute Gasteiger partial charge is 0.199 e. The zero-order valence-electron chi connectivity index (χ0n) is 7.08. The van der Waals surface area contributed by atoms with E-state index >= 15 is 0 Å². The predicted molar refractivity (Wildman–Crippen MR) is 54.7 cm³/mol. The zero-order chi connectivity index (χ0) is 9.42. The molecule has 0 bridgehead atoms. The number of nitrogens with two attached hydrogens (primary N) is 1. The first kappa shape index (κ1) is 9.16. The maximum absolute atomic E-state index is 6.01. The molecule has 0 spiro atoms. The van der Waals surface area contributed by atoms with Crippen molar-refractivity contribution in [1.29, 1.82) is 0 Å². The Labute approximate surface area is 87.2 Å². The topological polar surface area (TPSA) is 41.6 Å². The molecule has 0 amide bonds. The van der Waals surface area contributed by atoms with Crippen molar-refractivity contribution in [2.45, 2.75) is 30.9 Å². The largest absolute Gasteiger partial charge is 0.383 e. The number of amidine groups is 1. The quantitative estimate of drug-likeness (QED) is 0.540. The highest BCUT2D eigenvalue weighted by molar-refractivity contribution is 6.43. The molecule has 1 unspecified atom stereocenters. The van der Waals surface area contributed by atoms with Gasteiger partial charge in [-0.2, -0.15) is 0 Å². The van der Waals surface area contributed by atoms with Gasteiger partial charge >= 0.3 is 0 Å². The van der Waals surface area contributed by atoms with Gasteiger partial charge in [-0.05, 0) is 19.3 Å². The first-order valence-corrected chi connectivity index (χ1v) is 5.12. The van der Waals surface area contributed by atoms with Crippen LogP contribution >= 0.6 is 23.2 Å². The Morgan fingerprint density at radius 1 is 1.54 bits per heavy atom. The van der Waals surface area contributed by atoms with E-state index in [-0.39, 0.29) is 5.62 Å². The van der Waals surface area contributed by atoms with Crippen LogP contribution in [0.3, 0.4) is 0 Å². The summed E-state index contributed by atoms with van der Waals surface area (Å²) < 4.78 is 0. The molecule has 1 aliphatic heterocycles. The van der Waals surface area contributed by atoms with Crippen molar-refractivity contribution in [3.05, 3.63) is 11.2 Å². The predicted octanol–water partition coefficient (Wildman–Crippen LogP) is 1.81. The zero-order valence-corrected chi connectivity index (χ0v) is 8.59. The van der Waals surface area contributed by atoms with Crippen LogP contribution in [0.5, 0.6) is 0 Å². The molecule has 5 heteroatoms. The van der Waals surface area contributed by atoms with E-state index in [2.05, 4.69) is 4.99 Å². The Morgan fingerprint density at radius 3 is 2.77 bits per heavy atom. The summed E-state index contributed by atoms with van der Waals surface area (Å²) in [5, 5.41) is 0.490. The lowest BCUT2D eigenvalue weighted by molar-refractivity contribution is 0.170. The molecular weight excluding hydrogens is 209 g/mol. The molecule has 72 valence electrons. The highest BCUT2D eigenvalue weighted by atomic mass is 35.5. The number of aliphatic imine (C=N–C) groups is 1. The Morgan fingerprint density at radius 2 is 2.23 bits per heavy atom. The van der Waals surface area contributed by atoms with Crippen molar-refractivity contribution in [2.24, 2.45) is 10.7 Å². The van der Waals surface area contributed by atoms with Gasteiger partial charge in [0.2, 0.25) is 0 Å². The van der Waals surface area contributed by atoms with E-state index < -0.39 is 0 Å². The number of halogens is 2. The van der Waals surface area contributed by atoms with Crippen LogP contribution in [-0.2, 0) is 0 Å². The molecule has 2 aliphatic rings. The maximum atomic E-state index is 6.01. The van der Waals surface area contributed by atoms with Crippen LogP contribution in [0.25, 0.3) is 0 Å². The standard InChI is InChI=1S/C8H11Cl2N3/c9-6-4-13(5-2-1-3-5)8(10)12-7(6)11/h4-5,8H,1-3H2,(H2,11,12). The fraction of sp³-hybridized carbons (Fsp3) is 0.625. The summed E-state index contributed by atoms with van der Waals surface area (Å²) in [6, 6.07) is 0.494. The van der Waals surface area contributed by atoms with Crippen LogP contribution in [0.4, 0.5) is 0 Å². The highest BCUT2D eigenvalue weighted by Crippen LogP contribution is 2.31. The Kier molecular flexibility index (Phi) is 2.39. The van der Waals surface area contributed by atoms with Crippen LogP contribution < -0.4 is 5.73 Å². The molecule has 1 heterocycles. The van der Waals surface area contributed by atoms with Crippen molar-refractivity contribution >= 4 is 29.0 Å². The Bertz CT molecular complexity index is 271. The van der Waals surface area contributed by atoms with Gasteiger partial charge in [0.1, 0.15) is 5.84 Å². The molecule has 2 N–H and O–H groups in total. The number of hydrogen-bond donors (Lipinski definition) is 1. The second kappa shape index (κ2) is 3.39. The molecular formula is C8H11Cl2N3. The summed E-state index contributed by atoms with van der Waals surface area (Å²) in [5.41, 5.74) is 5.15. The van der Waals surface area contributed by atoms with Crippen LogP contribution in [0.2, 0.25) is 0 Å². The summed E-state index contributed by atoms with van der Waals surface area (Å²) in [6.45, 7) is 0. The molecule has 2 rings (SSSR count). The minimum atomic E-state index is -0.382. The van der Waals surface area contributed by atoms with E-state index in [9.17, 15) is 0 Å². The van der Waals surface area contributed by atoms with Gasteiger partial charge in [0.15, 0.2) is 5.62 Å². The third-order valence-corrected chi connectivity index (χ3v) is 3.11. The van der Waals surface area contributed by atoms with Gasteiger partial charge in [0.25, 0.3) is 0 Å². The van der Waals surface area contributed by atoms with Crippen LogP contribution in [0, 0.1) is 0 Å². The first-order chi connectivity index (χ1) is 6.18. The molecule has 3 nitrogen and oxygen atoms in total. The normalized spacial score (nSPS) is 29.4. The maximum Gasteiger partial charge on any atom is 0.199 e. The minimum absolute atomic E-state index is 0.331. The van der Waals surface area contributed by atoms with E-state index in [0.717, 1.165) is 0 Å². The third-order valence-electron chi connectivity index (χ3n) is 2.50. The van der Waals surface area contributed by atoms with Gasteiger partial charge in [-0.25, -0.2) is 4.99 Å². The summed E-state index contributed by atoms with van der Waals surface area (Å²) in [7, 11) is 0. The second-order valence-corrected chi connectivity index (χ2v) is 4.13. The van der Waals surface area contributed by atoms with Crippen molar-refractivity contribution in [2.75, 3.05) is 0 Å². The van der Waals surface area contributed by atoms with E-state index in [1.165, 1.54) is 19.3 Å². The molecule has 1 saturated carbocycles. The van der Waals surface area contributed by atoms with E-state index in [1.54, 1.807) is 6.20 Å². The summed E-state index contributed by atoms with van der Waals surface area (Å²) in [6.07, 6.45) is 5.39. The van der Waals surface area contributed by atoms with E-state index in [4.69, 9.17) is 28.9 Å². The average Bonchev–Trinajstić information content (AvgIpc) is 1.96. The first-order valence-electron chi connectivity index (χ1n) is 4.31. The lowest BCUT2D eigenvalue weighted by atomic mass is 9.92. The summed E-state index contributed by atoms with van der Waals surface area (Å²) in [5.74, 6) is 0.331. The van der Waals surface area contributed by atoms with Gasteiger partial charge in [0, 0.05) is 12.2 Å². The molecule has 1 atom stereocenters. The lowest BCUT2D eigenvalue weighted by Crippen LogP contribution is -2.43. The van der Waals surface area contributed by atoms with Crippen LogP contribution in [0.1, 0.15) is 19.3 Å². The van der Waals surface area contributed by atoms with Crippen molar-refractivity contribution in [3.8, 4) is 0 Å². The summed E-state index contributed by atoms with van der Waals surface area (Å²) in [4.78, 5) is 6.01. The number of rotatable bonds is 1. The molecule has 0 radical (unpaired) electrons. The molecule has 1 aliphatic carbocycles. The van der Waals surface area contributed by atoms with Gasteiger partial charge in [0.05, 0.1) is 5.03 Å². The van der Waals surface area contributed by atoms with Crippen molar-refractivity contribution in [1.82, 2.24) is 4.90 Å². The molecule has 0 aromatic carbocycles. The van der Waals surface area contributed by atoms with Gasteiger partial charge in [-0.1, -0.05) is 23.2 Å². The Hall–Kier alpha value is -0.410. The second-order valence-electron chi connectivity index (χ2n) is 3.33. The SMILES string of the molecule is NC1=NC(Cl)N(C2CCC2)C=C1Cl. The van der Waals surface area contributed by atoms with Gasteiger partial charge in [-0.15, -0.1) is 0 Å². The van der Waals surface area contributed by atoms with E-state index in [0.29, 0.717) is 16.9 Å². The van der Waals surface area contributed by atoms with Crippen LogP contribution in [-0.4, -0.2) is 22.4 Å². The number of alkyl halides is 1. The molecule has 0 aromatic rings. The monoisotopic (exact) mass is 219 g/mol.